The lowest BCUT2D eigenvalue weighted by molar-refractivity contribution is 0.401. The van der Waals surface area contributed by atoms with Gasteiger partial charge in [-0.2, -0.15) is 0 Å². The number of nitrogens with two attached hydrogens (primary N) is 1. The molecule has 0 fully saturated rings. The molecular formula is C21H21N3S. The summed E-state index contributed by atoms with van der Waals surface area (Å²) in [7, 11) is 1.91. The van der Waals surface area contributed by atoms with Gasteiger partial charge in [-0.25, -0.2) is 4.99 Å². The van der Waals surface area contributed by atoms with Crippen LogP contribution >= 0.6 is 11.3 Å². The van der Waals surface area contributed by atoms with E-state index in [0.29, 0.717) is 5.96 Å². The van der Waals surface area contributed by atoms with Crippen molar-refractivity contribution in [2.45, 2.75) is 18.9 Å². The highest BCUT2D eigenvalue weighted by molar-refractivity contribution is 7.17. The van der Waals surface area contributed by atoms with Gasteiger partial charge in [0.1, 0.15) is 0 Å². The first-order chi connectivity index (χ1) is 12.0. The van der Waals surface area contributed by atoms with Crippen LogP contribution in [-0.2, 0) is 5.54 Å². The fourth-order valence-electron chi connectivity index (χ4n) is 3.42. The maximum Gasteiger partial charge on any atom is 0.196 e. The summed E-state index contributed by atoms with van der Waals surface area (Å²) >= 11 is 1.78. The van der Waals surface area contributed by atoms with Gasteiger partial charge in [0.15, 0.2) is 5.96 Å². The van der Waals surface area contributed by atoms with Gasteiger partial charge in [0.05, 0.1) is 5.54 Å². The highest BCUT2D eigenvalue weighted by Gasteiger charge is 2.33. The molecule has 0 bridgehead atoms. The minimum absolute atomic E-state index is 0.377. The molecule has 0 spiro atoms. The van der Waals surface area contributed by atoms with E-state index in [9.17, 15) is 0 Å². The monoisotopic (exact) mass is 347 g/mol. The fraction of sp³-hybridized carbons (Fsp3) is 0.190. The molecule has 4 heteroatoms. The number of thiophene rings is 1. The van der Waals surface area contributed by atoms with Crippen molar-refractivity contribution in [3.63, 3.8) is 0 Å². The molecule has 1 aliphatic heterocycles. The van der Waals surface area contributed by atoms with E-state index in [2.05, 4.69) is 61.3 Å². The van der Waals surface area contributed by atoms with Gasteiger partial charge >= 0.3 is 0 Å². The zero-order valence-electron chi connectivity index (χ0n) is 14.5. The average molecular weight is 347 g/mol. The molecule has 0 saturated heterocycles. The summed E-state index contributed by atoms with van der Waals surface area (Å²) in [6.07, 6.45) is 0.764. The van der Waals surface area contributed by atoms with Crippen LogP contribution in [-0.4, -0.2) is 17.9 Å². The number of aliphatic imine (C=N–C) groups is 1. The SMILES string of the molecule is C=C1C[C@@](C)(c2ccc3scc(-c4ccccc4)c3c2)N=C(N)N1C. The van der Waals surface area contributed by atoms with E-state index >= 15 is 0 Å². The number of rotatable bonds is 2. The zero-order chi connectivity index (χ0) is 17.6. The third-order valence-electron chi connectivity index (χ3n) is 5.01. The van der Waals surface area contributed by atoms with Crippen LogP contribution in [0.5, 0.6) is 0 Å². The Morgan fingerprint density at radius 2 is 1.96 bits per heavy atom. The Balaban J connectivity index is 1.86. The first kappa shape index (κ1) is 15.9. The Morgan fingerprint density at radius 1 is 1.20 bits per heavy atom. The van der Waals surface area contributed by atoms with E-state index in [0.717, 1.165) is 12.1 Å². The quantitative estimate of drug-likeness (QED) is 0.713. The van der Waals surface area contributed by atoms with Crippen LogP contribution < -0.4 is 5.73 Å². The minimum Gasteiger partial charge on any atom is -0.370 e. The van der Waals surface area contributed by atoms with Crippen molar-refractivity contribution in [1.82, 2.24) is 4.90 Å². The van der Waals surface area contributed by atoms with Gasteiger partial charge < -0.3 is 10.6 Å². The summed E-state index contributed by atoms with van der Waals surface area (Å²) in [5, 5.41) is 3.50. The van der Waals surface area contributed by atoms with Crippen molar-refractivity contribution in [1.29, 1.82) is 0 Å². The maximum atomic E-state index is 6.11. The van der Waals surface area contributed by atoms with Crippen LogP contribution in [0.4, 0.5) is 0 Å². The van der Waals surface area contributed by atoms with Crippen molar-refractivity contribution in [2.24, 2.45) is 10.7 Å². The second kappa shape index (κ2) is 5.74. The zero-order valence-corrected chi connectivity index (χ0v) is 15.3. The molecule has 126 valence electrons. The normalized spacial score (nSPS) is 20.8. The van der Waals surface area contributed by atoms with Gasteiger partial charge in [-0.15, -0.1) is 11.3 Å². The molecule has 2 aromatic carbocycles. The molecule has 2 heterocycles. The third-order valence-corrected chi connectivity index (χ3v) is 5.97. The first-order valence-corrected chi connectivity index (χ1v) is 9.20. The van der Waals surface area contributed by atoms with E-state index in [1.54, 1.807) is 11.3 Å². The van der Waals surface area contributed by atoms with Crippen LogP contribution in [0.25, 0.3) is 21.2 Å². The molecule has 2 N–H and O–H groups in total. The smallest absolute Gasteiger partial charge is 0.196 e. The number of fused-ring (bicyclic) bond motifs is 1. The molecule has 4 rings (SSSR count). The minimum atomic E-state index is -0.377. The number of benzene rings is 2. The summed E-state index contributed by atoms with van der Waals surface area (Å²) in [6.45, 7) is 6.28. The van der Waals surface area contributed by atoms with Crippen molar-refractivity contribution < 1.29 is 0 Å². The predicted molar refractivity (Wildman–Crippen MR) is 108 cm³/mol. The Labute approximate surface area is 152 Å². The fourth-order valence-corrected chi connectivity index (χ4v) is 4.37. The predicted octanol–water partition coefficient (Wildman–Crippen LogP) is 4.95. The lowest BCUT2D eigenvalue weighted by Crippen LogP contribution is -2.42. The Hall–Kier alpha value is -2.59. The van der Waals surface area contributed by atoms with Gasteiger partial charge in [-0.1, -0.05) is 43.0 Å². The molecule has 0 saturated carbocycles. The second-order valence-corrected chi connectivity index (χ2v) is 7.68. The largest absolute Gasteiger partial charge is 0.370 e. The number of hydrogen-bond donors (Lipinski definition) is 1. The van der Waals surface area contributed by atoms with Gasteiger partial charge in [0, 0.05) is 34.8 Å². The van der Waals surface area contributed by atoms with Crippen LogP contribution in [0, 0.1) is 0 Å². The van der Waals surface area contributed by atoms with Crippen molar-refractivity contribution in [2.75, 3.05) is 7.05 Å². The van der Waals surface area contributed by atoms with E-state index in [1.807, 2.05) is 18.0 Å². The second-order valence-electron chi connectivity index (χ2n) is 6.77. The molecule has 0 radical (unpaired) electrons. The molecular weight excluding hydrogens is 326 g/mol. The topological polar surface area (TPSA) is 41.6 Å². The van der Waals surface area contributed by atoms with Crippen molar-refractivity contribution in [3.8, 4) is 11.1 Å². The van der Waals surface area contributed by atoms with Crippen LogP contribution in [0.3, 0.4) is 0 Å². The Bertz CT molecular complexity index is 987. The number of nitrogens with zero attached hydrogens (tertiary/aromatic N) is 2. The van der Waals surface area contributed by atoms with Gasteiger partial charge in [0.2, 0.25) is 0 Å². The van der Waals surface area contributed by atoms with E-state index in [4.69, 9.17) is 10.7 Å². The summed E-state index contributed by atoms with van der Waals surface area (Å²) in [4.78, 5) is 6.63. The standard InChI is InChI=1S/C21H21N3S/c1-14-12-21(2,23-20(22)24(14)3)16-9-10-19-17(11-16)18(13-25-19)15-7-5-4-6-8-15/h4-11,13H,1,12H2,2-3H3,(H2,22,23)/t21-/m0/s1. The first-order valence-electron chi connectivity index (χ1n) is 8.32. The van der Waals surface area contributed by atoms with Crippen molar-refractivity contribution >= 4 is 27.4 Å². The van der Waals surface area contributed by atoms with Gasteiger partial charge in [-0.05, 0) is 35.6 Å². The van der Waals surface area contributed by atoms with Gasteiger partial charge in [0.25, 0.3) is 0 Å². The third kappa shape index (κ3) is 2.63. The highest BCUT2D eigenvalue weighted by Crippen LogP contribution is 2.40. The Kier molecular flexibility index (Phi) is 3.65. The van der Waals surface area contributed by atoms with Crippen molar-refractivity contribution in [3.05, 3.63) is 71.8 Å². The number of hydrogen-bond acceptors (Lipinski definition) is 4. The van der Waals surface area contributed by atoms with E-state index in [-0.39, 0.29) is 5.54 Å². The van der Waals surface area contributed by atoms with Crippen LogP contribution in [0.15, 0.2) is 71.2 Å². The molecule has 1 atom stereocenters. The van der Waals surface area contributed by atoms with E-state index in [1.165, 1.54) is 26.8 Å². The molecule has 1 aliphatic rings. The summed E-state index contributed by atoms with van der Waals surface area (Å²) < 4.78 is 1.29. The van der Waals surface area contributed by atoms with E-state index < -0.39 is 0 Å². The maximum absolute atomic E-state index is 6.11. The molecule has 25 heavy (non-hydrogen) atoms. The summed E-state index contributed by atoms with van der Waals surface area (Å²) in [6, 6.07) is 17.2. The molecule has 0 unspecified atom stereocenters. The lowest BCUT2D eigenvalue weighted by Gasteiger charge is -2.36. The van der Waals surface area contributed by atoms with Crippen LogP contribution in [0.2, 0.25) is 0 Å². The molecule has 3 nitrogen and oxygen atoms in total. The molecule has 3 aromatic rings. The molecule has 0 aliphatic carbocycles. The Morgan fingerprint density at radius 3 is 2.68 bits per heavy atom. The summed E-state index contributed by atoms with van der Waals surface area (Å²) in [5.74, 6) is 0.521. The highest BCUT2D eigenvalue weighted by atomic mass is 32.1. The van der Waals surface area contributed by atoms with Gasteiger partial charge in [-0.3, -0.25) is 0 Å². The van der Waals surface area contributed by atoms with Crippen LogP contribution in [0.1, 0.15) is 18.9 Å². The average Bonchev–Trinajstić information content (AvgIpc) is 3.03. The molecule has 1 aromatic heterocycles. The summed E-state index contributed by atoms with van der Waals surface area (Å²) in [5.41, 5.74) is 10.4. The lowest BCUT2D eigenvalue weighted by atomic mass is 9.86. The molecule has 0 amide bonds. The number of guanidine groups is 1.